The highest BCUT2D eigenvalue weighted by Gasteiger charge is 2.25. The van der Waals surface area contributed by atoms with Gasteiger partial charge in [0.15, 0.2) is 12.2 Å². The summed E-state index contributed by atoms with van der Waals surface area (Å²) in [6.45, 7) is 11.1. The van der Waals surface area contributed by atoms with Gasteiger partial charge in [-0.05, 0) is 50.1 Å². The second kappa shape index (κ2) is 13.5. The van der Waals surface area contributed by atoms with Crippen LogP contribution in [0.1, 0.15) is 38.6 Å². The Balaban J connectivity index is 1.03. The number of carbonyl (C=O) groups excluding carboxylic acids is 1. The van der Waals surface area contributed by atoms with Crippen LogP contribution in [0.4, 0.5) is 11.8 Å². The predicted molar refractivity (Wildman–Crippen MR) is 164 cm³/mol. The van der Waals surface area contributed by atoms with Crippen molar-refractivity contribution >= 4 is 17.7 Å². The van der Waals surface area contributed by atoms with Crippen molar-refractivity contribution < 1.29 is 23.8 Å². The summed E-state index contributed by atoms with van der Waals surface area (Å²) in [6.07, 6.45) is 1.57. The van der Waals surface area contributed by atoms with Crippen LogP contribution in [0.25, 0.3) is 0 Å². The number of aliphatic hydroxyl groups is 1. The van der Waals surface area contributed by atoms with Gasteiger partial charge in [0.05, 0.1) is 31.1 Å². The largest absolute Gasteiger partial charge is 0.485 e. The zero-order valence-corrected chi connectivity index (χ0v) is 25.7. The van der Waals surface area contributed by atoms with Gasteiger partial charge >= 0.3 is 0 Å². The fraction of sp³-hybridized carbons (Fsp3) is 0.548. The number of hydrogen-bond acceptors (Lipinski definition) is 12. The van der Waals surface area contributed by atoms with Crippen LogP contribution >= 0.6 is 0 Å². The molecule has 44 heavy (non-hydrogen) atoms. The number of aryl methyl sites for hydroxylation is 1. The topological polar surface area (TPSA) is 141 Å². The van der Waals surface area contributed by atoms with E-state index >= 15 is 0 Å². The number of nitrogens with one attached hydrogen (secondary N) is 2. The van der Waals surface area contributed by atoms with Crippen molar-refractivity contribution in [3.8, 4) is 5.75 Å². The van der Waals surface area contributed by atoms with Gasteiger partial charge in [-0.3, -0.25) is 9.69 Å². The lowest BCUT2D eigenvalue weighted by atomic mass is 9.94. The third-order valence-electron chi connectivity index (χ3n) is 8.61. The third-order valence-corrected chi connectivity index (χ3v) is 8.61. The summed E-state index contributed by atoms with van der Waals surface area (Å²) in [5, 5.41) is 17.1. The maximum absolute atomic E-state index is 13.2. The quantitative estimate of drug-likeness (QED) is 0.290. The van der Waals surface area contributed by atoms with Gasteiger partial charge in [-0.15, -0.1) is 0 Å². The highest BCUT2D eigenvalue weighted by atomic mass is 16.5. The first-order chi connectivity index (χ1) is 21.3. The highest BCUT2D eigenvalue weighted by Crippen LogP contribution is 2.30. The fourth-order valence-electron chi connectivity index (χ4n) is 5.76. The molecule has 1 aromatic carbocycles. The average molecular weight is 607 g/mol. The van der Waals surface area contributed by atoms with Gasteiger partial charge in [0, 0.05) is 58.4 Å². The van der Waals surface area contributed by atoms with E-state index in [1.165, 1.54) is 17.5 Å². The van der Waals surface area contributed by atoms with Crippen LogP contribution in [-0.4, -0.2) is 114 Å². The summed E-state index contributed by atoms with van der Waals surface area (Å²) in [5.74, 6) is 2.39. The van der Waals surface area contributed by atoms with E-state index < -0.39 is 6.10 Å². The number of β-amino-alcohol motifs (C(OH)–C–C–N with tert-alkyl or cyclic N) is 1. The van der Waals surface area contributed by atoms with Gasteiger partial charge in [0.1, 0.15) is 23.9 Å². The molecular formula is C31H42N8O5. The lowest BCUT2D eigenvalue weighted by Crippen LogP contribution is -2.46. The summed E-state index contributed by atoms with van der Waals surface area (Å²) in [5.41, 5.74) is 4.75. The minimum absolute atomic E-state index is 0.127. The van der Waals surface area contributed by atoms with E-state index in [0.29, 0.717) is 38.1 Å². The molecule has 0 saturated carbocycles. The Morgan fingerprint density at radius 3 is 2.70 bits per heavy atom. The predicted octanol–water partition coefficient (Wildman–Crippen LogP) is 1.37. The number of benzene rings is 1. The van der Waals surface area contributed by atoms with Crippen molar-refractivity contribution in [1.82, 2.24) is 30.1 Å². The number of rotatable bonds is 11. The number of ether oxygens (including phenoxy) is 2. The molecule has 0 aliphatic carbocycles. The van der Waals surface area contributed by atoms with Crippen LogP contribution in [0.5, 0.6) is 5.75 Å². The monoisotopic (exact) mass is 606 g/mol. The van der Waals surface area contributed by atoms with Crippen LogP contribution in [0.3, 0.4) is 0 Å². The molecule has 0 spiro atoms. The maximum atomic E-state index is 13.2. The van der Waals surface area contributed by atoms with Crippen molar-refractivity contribution in [2.24, 2.45) is 0 Å². The number of carbonyl (C=O) groups is 1. The number of fused-ring (bicyclic) bond motifs is 1. The summed E-state index contributed by atoms with van der Waals surface area (Å²) >= 11 is 0. The normalized spacial score (nSPS) is 18.4. The second-order valence-electron chi connectivity index (χ2n) is 11.9. The molecule has 1 amide bonds. The van der Waals surface area contributed by atoms with Crippen molar-refractivity contribution in [2.45, 2.75) is 45.6 Å². The highest BCUT2D eigenvalue weighted by molar-refractivity contribution is 5.93. The third kappa shape index (κ3) is 7.12. The van der Waals surface area contributed by atoms with Gasteiger partial charge in [-0.1, -0.05) is 6.07 Å². The molecule has 1 atom stereocenters. The number of aliphatic hydroxyl groups excluding tert-OH is 1. The van der Waals surface area contributed by atoms with Crippen LogP contribution in [-0.2, 0) is 24.3 Å². The first kappa shape index (κ1) is 30.3. The van der Waals surface area contributed by atoms with Gasteiger partial charge in [-0.2, -0.15) is 4.98 Å². The number of nitrogens with zero attached hydrogens (tertiary/aromatic N) is 6. The molecule has 2 fully saturated rings. The molecule has 2 aromatic heterocycles. The SMILES string of the molecule is Cc1ncoc1COc1ccc2c(c1C)CCN(C[C@@H](O)CNC(=O)c1cc(NC3COC3)nc(N3CCN(C)CC3)n1)C2. The smallest absolute Gasteiger partial charge is 0.270 e. The molecule has 3 aliphatic rings. The van der Waals surface area contributed by atoms with Crippen molar-refractivity contribution in [1.29, 1.82) is 0 Å². The van der Waals surface area contributed by atoms with Gasteiger partial charge < -0.3 is 39.4 Å². The van der Waals surface area contributed by atoms with E-state index in [9.17, 15) is 9.90 Å². The summed E-state index contributed by atoms with van der Waals surface area (Å²) in [7, 11) is 2.09. The fourth-order valence-corrected chi connectivity index (χ4v) is 5.76. The maximum Gasteiger partial charge on any atom is 0.270 e. The minimum Gasteiger partial charge on any atom is -0.485 e. The molecule has 3 N–H and O–H groups in total. The first-order valence-corrected chi connectivity index (χ1v) is 15.3. The molecule has 13 nitrogen and oxygen atoms in total. The second-order valence-corrected chi connectivity index (χ2v) is 11.9. The zero-order valence-electron chi connectivity index (χ0n) is 25.7. The first-order valence-electron chi connectivity index (χ1n) is 15.3. The lowest BCUT2D eigenvalue weighted by molar-refractivity contribution is 0.0209. The molecule has 0 unspecified atom stereocenters. The Labute approximate surface area is 257 Å². The summed E-state index contributed by atoms with van der Waals surface area (Å²) in [4.78, 5) is 33.2. The number of anilines is 2. The molecule has 0 radical (unpaired) electrons. The Morgan fingerprint density at radius 2 is 1.98 bits per heavy atom. The van der Waals surface area contributed by atoms with E-state index in [1.807, 2.05) is 13.0 Å². The number of piperazine rings is 1. The Hall–Kier alpha value is -3.78. The molecule has 3 aromatic rings. The van der Waals surface area contributed by atoms with Gasteiger partial charge in [-0.25, -0.2) is 9.97 Å². The van der Waals surface area contributed by atoms with E-state index in [-0.39, 0.29) is 24.2 Å². The number of amides is 1. The van der Waals surface area contributed by atoms with Gasteiger partial charge in [0.2, 0.25) is 5.95 Å². The number of aromatic nitrogens is 3. The molecule has 5 heterocycles. The Bertz CT molecular complexity index is 1450. The minimum atomic E-state index is -0.724. The van der Waals surface area contributed by atoms with Crippen molar-refractivity contribution in [3.05, 3.63) is 58.4 Å². The molecule has 2 saturated heterocycles. The van der Waals surface area contributed by atoms with Gasteiger partial charge in [0.25, 0.3) is 5.91 Å². The van der Waals surface area contributed by atoms with Crippen LogP contribution in [0, 0.1) is 13.8 Å². The Kier molecular flexibility index (Phi) is 9.26. The van der Waals surface area contributed by atoms with E-state index in [1.54, 1.807) is 6.07 Å². The van der Waals surface area contributed by atoms with Crippen LogP contribution in [0.2, 0.25) is 0 Å². The molecule has 0 bridgehead atoms. The number of likely N-dealkylation sites (N-methyl/N-ethyl adjacent to an activating group) is 1. The molecule has 6 rings (SSSR count). The lowest BCUT2D eigenvalue weighted by Gasteiger charge is -2.33. The van der Waals surface area contributed by atoms with Crippen LogP contribution in [0.15, 0.2) is 29.0 Å². The summed E-state index contributed by atoms with van der Waals surface area (Å²) in [6, 6.07) is 5.94. The number of oxazole rings is 1. The Morgan fingerprint density at radius 1 is 1.16 bits per heavy atom. The van der Waals surface area contributed by atoms with E-state index in [0.717, 1.165) is 68.5 Å². The van der Waals surface area contributed by atoms with Crippen molar-refractivity contribution in [3.63, 3.8) is 0 Å². The van der Waals surface area contributed by atoms with E-state index in [4.69, 9.17) is 18.9 Å². The molecule has 13 heteroatoms. The van der Waals surface area contributed by atoms with Crippen LogP contribution < -0.4 is 20.3 Å². The molecule has 3 aliphatic heterocycles. The van der Waals surface area contributed by atoms with Crippen molar-refractivity contribution in [2.75, 3.05) is 76.3 Å². The summed E-state index contributed by atoms with van der Waals surface area (Å²) < 4.78 is 16.7. The average Bonchev–Trinajstić information content (AvgIpc) is 3.42. The van der Waals surface area contributed by atoms with E-state index in [2.05, 4.69) is 55.3 Å². The molecular weight excluding hydrogens is 564 g/mol. The zero-order chi connectivity index (χ0) is 30.6. The standard InChI is InChI=1S/C31H42N8O5/c1-20-25-6-7-38(14-22(25)4-5-27(20)43-18-28-21(2)33-19-44-28)15-24(40)13-32-30(41)26-12-29(34-23-16-42-17-23)36-31(35-26)39-10-8-37(3)9-11-39/h4-5,12,19,23-24,40H,6-11,13-18H2,1-3H3,(H,32,41)(H,34,35,36)/t24-/m0/s1. The number of hydrogen-bond donors (Lipinski definition) is 3. The molecule has 236 valence electrons.